The number of nitrogens with zero attached hydrogens (tertiary/aromatic N) is 4. The van der Waals surface area contributed by atoms with Crippen molar-refractivity contribution in [2.45, 2.75) is 57.5 Å². The molecule has 7 nitrogen and oxygen atoms in total. The number of nitrogens with one attached hydrogen (secondary N) is 1. The van der Waals surface area contributed by atoms with Crippen molar-refractivity contribution in [2.75, 3.05) is 26.2 Å². The molecule has 0 spiro atoms. The van der Waals surface area contributed by atoms with Gasteiger partial charge in [0.1, 0.15) is 11.8 Å². The fraction of sp³-hybridized carbons (Fsp3) is 0.652. The number of nitriles is 1. The Bertz CT molecular complexity index is 818. The van der Waals surface area contributed by atoms with Gasteiger partial charge in [0.05, 0.1) is 5.56 Å². The molecule has 0 radical (unpaired) electrons. The van der Waals surface area contributed by atoms with Gasteiger partial charge in [0, 0.05) is 44.3 Å². The van der Waals surface area contributed by atoms with E-state index < -0.39 is 0 Å². The van der Waals surface area contributed by atoms with Gasteiger partial charge in [0.25, 0.3) is 5.91 Å². The number of amides is 2. The van der Waals surface area contributed by atoms with Crippen molar-refractivity contribution in [3.63, 3.8) is 0 Å². The maximum absolute atomic E-state index is 13.2. The van der Waals surface area contributed by atoms with Crippen molar-refractivity contribution in [1.29, 1.82) is 5.26 Å². The predicted octanol–water partition coefficient (Wildman–Crippen LogP) is 2.18. The van der Waals surface area contributed by atoms with Gasteiger partial charge in [-0.3, -0.25) is 14.5 Å². The molecule has 0 aliphatic carbocycles. The molecular formula is C23H31N5O2. The number of piperidine rings is 3. The van der Waals surface area contributed by atoms with Gasteiger partial charge < -0.3 is 10.2 Å². The Hall–Kier alpha value is -2.46. The smallest absolute Gasteiger partial charge is 0.255 e. The third-order valence-electron chi connectivity index (χ3n) is 7.02. The van der Waals surface area contributed by atoms with Crippen LogP contribution in [0.5, 0.6) is 0 Å². The third-order valence-corrected chi connectivity index (χ3v) is 7.02. The standard InChI is InChI=1S/C23H31N5O2/c1-2-5-22(29)26-13-21-18-10-17(20-6-3-4-9-28(20)21)14-27(15-18)23(30)16-7-8-19(11-24)25-12-16/h7-8,12,17-18,20-21H,2-6,9-10,13-15H2,1H3,(H,26,29)/t17-,18+,20+,21+/m1/s1. The van der Waals surface area contributed by atoms with E-state index in [-0.39, 0.29) is 11.8 Å². The van der Waals surface area contributed by atoms with Crippen molar-refractivity contribution in [2.24, 2.45) is 11.8 Å². The van der Waals surface area contributed by atoms with E-state index in [4.69, 9.17) is 5.26 Å². The molecule has 1 aromatic heterocycles. The minimum Gasteiger partial charge on any atom is -0.355 e. The summed E-state index contributed by atoms with van der Waals surface area (Å²) in [6.45, 7) is 5.29. The molecule has 1 N–H and O–H groups in total. The van der Waals surface area contributed by atoms with E-state index in [9.17, 15) is 9.59 Å². The first kappa shape index (κ1) is 20.8. The van der Waals surface area contributed by atoms with Crippen LogP contribution < -0.4 is 5.32 Å². The van der Waals surface area contributed by atoms with Crippen LogP contribution in [0.1, 0.15) is 61.5 Å². The van der Waals surface area contributed by atoms with Crippen LogP contribution in [-0.2, 0) is 4.79 Å². The zero-order valence-electron chi connectivity index (χ0n) is 17.7. The van der Waals surface area contributed by atoms with Crippen LogP contribution in [0.15, 0.2) is 18.3 Å². The van der Waals surface area contributed by atoms with Crippen LogP contribution in [0.4, 0.5) is 0 Å². The number of carbonyl (C=O) groups excluding carboxylic acids is 2. The van der Waals surface area contributed by atoms with Gasteiger partial charge in [0.2, 0.25) is 5.91 Å². The number of fused-ring (bicyclic) bond motifs is 4. The van der Waals surface area contributed by atoms with Crippen molar-refractivity contribution >= 4 is 11.8 Å². The van der Waals surface area contributed by atoms with Gasteiger partial charge in [-0.15, -0.1) is 0 Å². The van der Waals surface area contributed by atoms with Crippen molar-refractivity contribution in [3.05, 3.63) is 29.6 Å². The summed E-state index contributed by atoms with van der Waals surface area (Å²) in [7, 11) is 0. The summed E-state index contributed by atoms with van der Waals surface area (Å²) in [6, 6.07) is 6.10. The average Bonchev–Trinajstić information content (AvgIpc) is 2.78. The first-order valence-electron chi connectivity index (χ1n) is 11.3. The Morgan fingerprint density at radius 3 is 2.83 bits per heavy atom. The summed E-state index contributed by atoms with van der Waals surface area (Å²) in [5, 5.41) is 12.1. The molecule has 4 rings (SSSR count). The molecule has 2 bridgehead atoms. The topological polar surface area (TPSA) is 89.3 Å². The molecule has 30 heavy (non-hydrogen) atoms. The molecule has 1 aromatic rings. The minimum absolute atomic E-state index is 0.000261. The fourth-order valence-corrected chi connectivity index (χ4v) is 5.66. The lowest BCUT2D eigenvalue weighted by Gasteiger charge is -2.56. The van der Waals surface area contributed by atoms with Crippen LogP contribution >= 0.6 is 0 Å². The second kappa shape index (κ2) is 9.13. The van der Waals surface area contributed by atoms with E-state index in [0.717, 1.165) is 25.9 Å². The first-order valence-corrected chi connectivity index (χ1v) is 11.3. The second-order valence-corrected chi connectivity index (χ2v) is 8.93. The summed E-state index contributed by atoms with van der Waals surface area (Å²) in [5.74, 6) is 0.984. The second-order valence-electron chi connectivity index (χ2n) is 8.93. The molecule has 3 fully saturated rings. The van der Waals surface area contributed by atoms with E-state index in [1.165, 1.54) is 25.5 Å². The fourth-order valence-electron chi connectivity index (χ4n) is 5.66. The molecule has 7 heteroatoms. The van der Waals surface area contributed by atoms with Crippen LogP contribution in [0.25, 0.3) is 0 Å². The lowest BCUT2D eigenvalue weighted by Crippen LogP contribution is -2.66. The zero-order chi connectivity index (χ0) is 21.1. The number of carbonyl (C=O) groups is 2. The van der Waals surface area contributed by atoms with E-state index in [2.05, 4.69) is 15.2 Å². The Balaban J connectivity index is 1.50. The average molecular weight is 410 g/mol. The predicted molar refractivity (Wildman–Crippen MR) is 113 cm³/mol. The molecule has 160 valence electrons. The highest BCUT2D eigenvalue weighted by Gasteiger charge is 2.47. The van der Waals surface area contributed by atoms with Gasteiger partial charge in [-0.2, -0.15) is 5.26 Å². The van der Waals surface area contributed by atoms with E-state index >= 15 is 0 Å². The zero-order valence-corrected chi connectivity index (χ0v) is 17.7. The Labute approximate surface area is 178 Å². The summed E-state index contributed by atoms with van der Waals surface area (Å²) in [4.78, 5) is 34.0. The van der Waals surface area contributed by atoms with Gasteiger partial charge in [-0.1, -0.05) is 13.3 Å². The number of pyridine rings is 1. The van der Waals surface area contributed by atoms with E-state index in [1.54, 1.807) is 12.1 Å². The van der Waals surface area contributed by atoms with Gasteiger partial charge in [0.15, 0.2) is 0 Å². The Kier molecular flexibility index (Phi) is 6.33. The number of hydrogen-bond acceptors (Lipinski definition) is 5. The molecule has 3 aliphatic rings. The third kappa shape index (κ3) is 4.20. The van der Waals surface area contributed by atoms with Crippen LogP contribution in [0.2, 0.25) is 0 Å². The SMILES string of the molecule is CCCC(=O)NC[C@H]1[C@H]2C[C@H](CN(C(=O)c3ccc(C#N)nc3)C2)[C@@H]2CCCCN21. The molecule has 0 saturated carbocycles. The normalized spacial score (nSPS) is 28.3. The molecule has 2 amide bonds. The van der Waals surface area contributed by atoms with Crippen LogP contribution in [0, 0.1) is 23.2 Å². The molecule has 3 aliphatic heterocycles. The highest BCUT2D eigenvalue weighted by molar-refractivity contribution is 5.94. The van der Waals surface area contributed by atoms with Gasteiger partial charge in [-0.05, 0) is 56.2 Å². The molecule has 4 atom stereocenters. The Morgan fingerprint density at radius 1 is 1.27 bits per heavy atom. The van der Waals surface area contributed by atoms with Crippen LogP contribution in [0.3, 0.4) is 0 Å². The number of likely N-dealkylation sites (tertiary alicyclic amines) is 1. The van der Waals surface area contributed by atoms with Crippen molar-refractivity contribution in [3.8, 4) is 6.07 Å². The molecule has 3 saturated heterocycles. The molecule has 0 aromatic carbocycles. The Morgan fingerprint density at radius 2 is 2.10 bits per heavy atom. The quantitative estimate of drug-likeness (QED) is 0.805. The largest absolute Gasteiger partial charge is 0.355 e. The number of aromatic nitrogens is 1. The van der Waals surface area contributed by atoms with Crippen molar-refractivity contribution < 1.29 is 9.59 Å². The maximum atomic E-state index is 13.2. The molecular weight excluding hydrogens is 378 g/mol. The summed E-state index contributed by atoms with van der Waals surface area (Å²) >= 11 is 0. The summed E-state index contributed by atoms with van der Waals surface area (Å²) in [6.07, 6.45) is 7.71. The van der Waals surface area contributed by atoms with E-state index in [1.807, 2.05) is 17.9 Å². The van der Waals surface area contributed by atoms with Crippen molar-refractivity contribution in [1.82, 2.24) is 20.1 Å². The first-order chi connectivity index (χ1) is 14.6. The maximum Gasteiger partial charge on any atom is 0.255 e. The van der Waals surface area contributed by atoms with E-state index in [0.29, 0.717) is 54.7 Å². The molecule has 0 unspecified atom stereocenters. The lowest BCUT2D eigenvalue weighted by atomic mass is 9.72. The molecule has 4 heterocycles. The summed E-state index contributed by atoms with van der Waals surface area (Å²) < 4.78 is 0. The van der Waals surface area contributed by atoms with Gasteiger partial charge >= 0.3 is 0 Å². The number of rotatable bonds is 5. The number of hydrogen-bond donors (Lipinski definition) is 1. The highest BCUT2D eigenvalue weighted by Crippen LogP contribution is 2.41. The summed E-state index contributed by atoms with van der Waals surface area (Å²) in [5.41, 5.74) is 0.866. The highest BCUT2D eigenvalue weighted by atomic mass is 16.2. The monoisotopic (exact) mass is 409 g/mol. The lowest BCUT2D eigenvalue weighted by molar-refractivity contribution is -0.122. The minimum atomic E-state index is -0.000261. The van der Waals surface area contributed by atoms with Gasteiger partial charge in [-0.25, -0.2) is 4.98 Å². The van der Waals surface area contributed by atoms with Crippen LogP contribution in [-0.4, -0.2) is 64.9 Å².